The quantitative estimate of drug-likeness (QED) is 0.218. The van der Waals surface area contributed by atoms with Crippen LogP contribution in [0.4, 0.5) is 0 Å². The van der Waals surface area contributed by atoms with Crippen molar-refractivity contribution in [3.8, 4) is 0 Å². The van der Waals surface area contributed by atoms with Gasteiger partial charge in [-0.15, -0.1) is 0 Å². The molecule has 3 N–H and O–H groups in total. The molecule has 1 fully saturated rings. The molecule has 0 aliphatic carbocycles. The predicted octanol–water partition coefficient (Wildman–Crippen LogP) is -3.12. The van der Waals surface area contributed by atoms with E-state index in [0.29, 0.717) is 0 Å². The van der Waals surface area contributed by atoms with Crippen LogP contribution in [0, 0.1) is 5.41 Å². The standard InChI is InChI=1S/C5H11N4.Na/c6-5(7)9-3-1-8-2-4-9;/h8H,1-4H2,(H2-,6,7);/q-1;+1. The summed E-state index contributed by atoms with van der Waals surface area (Å²) < 4.78 is 0. The van der Waals surface area contributed by atoms with E-state index in [1.807, 2.05) is 0 Å². The Morgan fingerprint density at radius 2 is 1.90 bits per heavy atom. The number of piperazine rings is 1. The molecule has 10 heavy (non-hydrogen) atoms. The van der Waals surface area contributed by atoms with E-state index in [4.69, 9.17) is 11.1 Å². The van der Waals surface area contributed by atoms with Crippen LogP contribution < -0.4 is 34.9 Å². The summed E-state index contributed by atoms with van der Waals surface area (Å²) in [5, 5.41) is 10.1. The summed E-state index contributed by atoms with van der Waals surface area (Å²) in [6.07, 6.45) is 0. The van der Waals surface area contributed by atoms with Crippen molar-refractivity contribution in [2.75, 3.05) is 26.2 Å². The first kappa shape index (κ1) is 10.2. The molecule has 0 atom stereocenters. The van der Waals surface area contributed by atoms with Crippen LogP contribution in [-0.2, 0) is 0 Å². The van der Waals surface area contributed by atoms with E-state index in [2.05, 4.69) is 5.32 Å². The fraction of sp³-hybridized carbons (Fsp3) is 0.800. The van der Waals surface area contributed by atoms with Gasteiger partial charge in [-0.3, -0.25) is 0 Å². The van der Waals surface area contributed by atoms with Gasteiger partial charge in [0.2, 0.25) is 0 Å². The van der Waals surface area contributed by atoms with Crippen LogP contribution in [0.15, 0.2) is 0 Å². The molecule has 0 aromatic heterocycles. The topological polar surface area (TPSA) is 62.9 Å². The van der Waals surface area contributed by atoms with Crippen molar-refractivity contribution in [3.63, 3.8) is 0 Å². The van der Waals surface area contributed by atoms with Crippen molar-refractivity contribution in [1.82, 2.24) is 10.2 Å². The Hall–Kier alpha value is 0.230. The Labute approximate surface area is 82.9 Å². The van der Waals surface area contributed by atoms with E-state index in [-0.39, 0.29) is 35.5 Å². The summed E-state index contributed by atoms with van der Waals surface area (Å²) in [5.74, 6) is -0.0588. The van der Waals surface area contributed by atoms with Gasteiger partial charge >= 0.3 is 29.6 Å². The molecular formula is C5H11N4Na. The van der Waals surface area contributed by atoms with E-state index >= 15 is 0 Å². The molecule has 0 aromatic rings. The van der Waals surface area contributed by atoms with Crippen molar-refractivity contribution in [3.05, 3.63) is 5.73 Å². The minimum Gasteiger partial charge on any atom is -0.424 e. The molecule has 5 heteroatoms. The van der Waals surface area contributed by atoms with Crippen LogP contribution in [0.1, 0.15) is 0 Å². The minimum absolute atomic E-state index is 0. The zero-order valence-electron chi connectivity index (χ0n) is 6.28. The van der Waals surface area contributed by atoms with Gasteiger partial charge in [0, 0.05) is 19.0 Å². The van der Waals surface area contributed by atoms with Gasteiger partial charge in [-0.2, -0.15) is 0 Å². The summed E-state index contributed by atoms with van der Waals surface area (Å²) in [7, 11) is 0. The molecule has 0 bridgehead atoms. The molecule has 1 saturated heterocycles. The van der Waals surface area contributed by atoms with Gasteiger partial charge in [0.15, 0.2) is 0 Å². The predicted molar refractivity (Wildman–Crippen MR) is 36.5 cm³/mol. The Balaban J connectivity index is 0.000000810. The fourth-order valence-corrected chi connectivity index (χ4v) is 0.888. The van der Waals surface area contributed by atoms with E-state index in [1.165, 1.54) is 0 Å². The second-order valence-corrected chi connectivity index (χ2v) is 2.09. The molecular weight excluding hydrogens is 139 g/mol. The molecule has 1 heterocycles. The molecule has 4 nitrogen and oxygen atoms in total. The fourth-order valence-electron chi connectivity index (χ4n) is 0.888. The summed E-state index contributed by atoms with van der Waals surface area (Å²) in [4.78, 5) is 1.75. The van der Waals surface area contributed by atoms with Gasteiger partial charge in [0.05, 0.1) is 0 Å². The molecule has 0 unspecified atom stereocenters. The average Bonchev–Trinajstić information content (AvgIpc) is 1.90. The van der Waals surface area contributed by atoms with Crippen molar-refractivity contribution < 1.29 is 29.6 Å². The van der Waals surface area contributed by atoms with Gasteiger partial charge in [-0.05, 0) is 13.1 Å². The van der Waals surface area contributed by atoms with Crippen LogP contribution in [-0.4, -0.2) is 37.0 Å². The number of nitrogens with zero attached hydrogens (tertiary/aromatic N) is 1. The molecule has 1 aliphatic rings. The monoisotopic (exact) mass is 150 g/mol. The molecule has 0 saturated carbocycles. The first-order valence-corrected chi connectivity index (χ1v) is 3.06. The van der Waals surface area contributed by atoms with E-state index in [0.717, 1.165) is 26.2 Å². The molecule has 52 valence electrons. The molecule has 0 radical (unpaired) electrons. The van der Waals surface area contributed by atoms with Gasteiger partial charge in [0.1, 0.15) is 0 Å². The summed E-state index contributed by atoms with van der Waals surface area (Å²) >= 11 is 0. The van der Waals surface area contributed by atoms with E-state index in [1.54, 1.807) is 4.90 Å². The minimum atomic E-state index is -0.0588. The third-order valence-corrected chi connectivity index (χ3v) is 1.43. The van der Waals surface area contributed by atoms with Crippen LogP contribution in [0.5, 0.6) is 0 Å². The largest absolute Gasteiger partial charge is 1.00 e. The zero-order chi connectivity index (χ0) is 6.69. The van der Waals surface area contributed by atoms with Crippen molar-refractivity contribution in [1.29, 1.82) is 5.41 Å². The van der Waals surface area contributed by atoms with Crippen LogP contribution in [0.2, 0.25) is 0 Å². The Morgan fingerprint density at radius 3 is 2.20 bits per heavy atom. The summed E-state index contributed by atoms with van der Waals surface area (Å²) in [6.45, 7) is 3.42. The Kier molecular flexibility index (Phi) is 5.07. The summed E-state index contributed by atoms with van der Waals surface area (Å²) in [6, 6.07) is 0. The number of rotatable bonds is 0. The number of hydrogen-bond acceptors (Lipinski definition) is 2. The average molecular weight is 150 g/mol. The Bertz CT molecular complexity index is 110. The SMILES string of the molecule is N=C([NH-])N1CCNCC1.[Na+]. The van der Waals surface area contributed by atoms with Crippen LogP contribution >= 0.6 is 0 Å². The second kappa shape index (κ2) is 4.96. The van der Waals surface area contributed by atoms with Crippen LogP contribution in [0.3, 0.4) is 0 Å². The van der Waals surface area contributed by atoms with Gasteiger partial charge in [0.25, 0.3) is 0 Å². The zero-order valence-corrected chi connectivity index (χ0v) is 8.28. The maximum atomic E-state index is 6.95. The molecule has 0 amide bonds. The number of guanidine groups is 1. The molecule has 0 spiro atoms. The molecule has 0 aromatic carbocycles. The first-order valence-electron chi connectivity index (χ1n) is 3.06. The van der Waals surface area contributed by atoms with Crippen molar-refractivity contribution in [2.45, 2.75) is 0 Å². The normalized spacial score (nSPS) is 17.8. The second-order valence-electron chi connectivity index (χ2n) is 2.09. The third kappa shape index (κ3) is 2.88. The third-order valence-electron chi connectivity index (χ3n) is 1.43. The van der Waals surface area contributed by atoms with E-state index in [9.17, 15) is 0 Å². The molecule has 1 rings (SSSR count). The number of nitrogens with one attached hydrogen (secondary N) is 3. The maximum Gasteiger partial charge on any atom is 1.00 e. The maximum absolute atomic E-state index is 6.95. The van der Waals surface area contributed by atoms with Crippen LogP contribution in [0.25, 0.3) is 5.73 Å². The smallest absolute Gasteiger partial charge is 0.424 e. The van der Waals surface area contributed by atoms with E-state index < -0.39 is 0 Å². The van der Waals surface area contributed by atoms with Gasteiger partial charge in [-0.1, -0.05) is 0 Å². The summed E-state index contributed by atoms with van der Waals surface area (Å²) in [5.41, 5.74) is 6.95. The van der Waals surface area contributed by atoms with Crippen molar-refractivity contribution in [2.24, 2.45) is 0 Å². The number of hydrogen-bond donors (Lipinski definition) is 2. The van der Waals surface area contributed by atoms with Gasteiger partial charge < -0.3 is 21.4 Å². The Morgan fingerprint density at radius 1 is 1.40 bits per heavy atom. The van der Waals surface area contributed by atoms with Gasteiger partial charge in [-0.25, -0.2) is 0 Å². The van der Waals surface area contributed by atoms with Crippen molar-refractivity contribution >= 4 is 5.96 Å². The first-order chi connectivity index (χ1) is 4.30. The molecule has 1 aliphatic heterocycles.